The lowest BCUT2D eigenvalue weighted by molar-refractivity contribution is -0.146. The van der Waals surface area contributed by atoms with Crippen LogP contribution in [0.5, 0.6) is 5.75 Å². The van der Waals surface area contributed by atoms with Gasteiger partial charge in [0.05, 0.1) is 19.9 Å². The Hall–Kier alpha value is -2.37. The number of ketones is 1. The molecule has 0 fully saturated rings. The van der Waals surface area contributed by atoms with Crippen molar-refractivity contribution < 1.29 is 23.9 Å². The summed E-state index contributed by atoms with van der Waals surface area (Å²) in [7, 11) is 2.91. The van der Waals surface area contributed by atoms with Crippen molar-refractivity contribution in [2.75, 3.05) is 14.2 Å². The fraction of sp³-hybridized carbons (Fsp3) is 0.438. The lowest BCUT2D eigenvalue weighted by Gasteiger charge is -2.22. The smallest absolute Gasteiger partial charge is 0.305 e. The number of hydrogen-bond donors (Lipinski definition) is 0. The first-order chi connectivity index (χ1) is 10.5. The summed E-state index contributed by atoms with van der Waals surface area (Å²) in [5.74, 6) is 0.220. The van der Waals surface area contributed by atoms with Crippen molar-refractivity contribution in [1.29, 1.82) is 0 Å². The van der Waals surface area contributed by atoms with Crippen molar-refractivity contribution in [2.24, 2.45) is 5.16 Å². The van der Waals surface area contributed by atoms with Crippen molar-refractivity contribution in [1.82, 2.24) is 0 Å². The molecule has 0 saturated heterocycles. The fourth-order valence-corrected chi connectivity index (χ4v) is 2.32. The molecule has 1 aliphatic rings. The average molecular weight is 305 g/mol. The van der Waals surface area contributed by atoms with Crippen LogP contribution >= 0.6 is 0 Å². The minimum absolute atomic E-state index is 0.113. The SMILES string of the molecule is COC(=O)CCC1(C(C)=O)CC(c2ccc(OC)cc2)=NO1. The van der Waals surface area contributed by atoms with Gasteiger partial charge in [-0.3, -0.25) is 9.59 Å². The Morgan fingerprint density at radius 2 is 1.95 bits per heavy atom. The summed E-state index contributed by atoms with van der Waals surface area (Å²) in [6.45, 7) is 1.45. The Labute approximate surface area is 129 Å². The molecule has 0 amide bonds. The number of methoxy groups -OCH3 is 2. The first-order valence-corrected chi connectivity index (χ1v) is 6.98. The van der Waals surface area contributed by atoms with Gasteiger partial charge in [-0.25, -0.2) is 0 Å². The van der Waals surface area contributed by atoms with Crippen LogP contribution in [-0.4, -0.2) is 37.3 Å². The van der Waals surface area contributed by atoms with Gasteiger partial charge in [-0.05, 0) is 36.8 Å². The maximum absolute atomic E-state index is 12.0. The molecule has 1 atom stereocenters. The van der Waals surface area contributed by atoms with Crippen molar-refractivity contribution in [2.45, 2.75) is 31.8 Å². The number of benzene rings is 1. The van der Waals surface area contributed by atoms with Gasteiger partial charge in [0.2, 0.25) is 5.60 Å². The monoisotopic (exact) mass is 305 g/mol. The van der Waals surface area contributed by atoms with Crippen molar-refractivity contribution >= 4 is 17.5 Å². The zero-order valence-electron chi connectivity index (χ0n) is 12.9. The molecule has 1 aromatic carbocycles. The number of hydrogen-bond acceptors (Lipinski definition) is 6. The maximum Gasteiger partial charge on any atom is 0.305 e. The van der Waals surface area contributed by atoms with E-state index in [0.717, 1.165) is 11.3 Å². The van der Waals surface area contributed by atoms with Gasteiger partial charge in [0.1, 0.15) is 5.75 Å². The molecule has 6 heteroatoms. The van der Waals surface area contributed by atoms with Crippen molar-refractivity contribution in [3.05, 3.63) is 29.8 Å². The normalized spacial score (nSPS) is 20.0. The van der Waals surface area contributed by atoms with Gasteiger partial charge >= 0.3 is 5.97 Å². The summed E-state index contributed by atoms with van der Waals surface area (Å²) >= 11 is 0. The molecule has 0 aromatic heterocycles. The molecule has 0 aliphatic carbocycles. The fourth-order valence-electron chi connectivity index (χ4n) is 2.32. The summed E-state index contributed by atoms with van der Waals surface area (Å²) in [5.41, 5.74) is 0.466. The lowest BCUT2D eigenvalue weighted by atomic mass is 9.87. The van der Waals surface area contributed by atoms with Crippen LogP contribution in [-0.2, 0) is 19.2 Å². The Morgan fingerprint density at radius 3 is 2.50 bits per heavy atom. The van der Waals surface area contributed by atoms with Crippen LogP contribution in [0.3, 0.4) is 0 Å². The van der Waals surface area contributed by atoms with E-state index in [1.165, 1.54) is 14.0 Å². The maximum atomic E-state index is 12.0. The van der Waals surface area contributed by atoms with Gasteiger partial charge in [0.15, 0.2) is 5.78 Å². The first kappa shape index (κ1) is 16.0. The van der Waals surface area contributed by atoms with E-state index >= 15 is 0 Å². The standard InChI is InChI=1S/C16H19NO5/c1-11(18)16(9-8-15(19)21-3)10-14(17-22-16)12-4-6-13(20-2)7-5-12/h4-7H,8-10H2,1-3H3. The predicted octanol–water partition coefficient (Wildman–Crippen LogP) is 2.10. The molecule has 0 spiro atoms. The average Bonchev–Trinajstić information content (AvgIpc) is 2.98. The van der Waals surface area contributed by atoms with Crippen molar-refractivity contribution in [3.63, 3.8) is 0 Å². The summed E-state index contributed by atoms with van der Waals surface area (Å²) in [4.78, 5) is 28.7. The van der Waals surface area contributed by atoms with E-state index in [9.17, 15) is 9.59 Å². The molecular formula is C16H19NO5. The first-order valence-electron chi connectivity index (χ1n) is 6.98. The quantitative estimate of drug-likeness (QED) is 0.752. The van der Waals surface area contributed by atoms with Gasteiger partial charge in [0, 0.05) is 19.3 Å². The molecule has 0 radical (unpaired) electrons. The molecule has 22 heavy (non-hydrogen) atoms. The number of carbonyl (C=O) groups is 2. The molecule has 1 heterocycles. The number of ether oxygens (including phenoxy) is 2. The molecule has 2 rings (SSSR count). The van der Waals surface area contributed by atoms with E-state index in [4.69, 9.17) is 9.57 Å². The van der Waals surface area contributed by atoms with E-state index in [0.29, 0.717) is 12.1 Å². The Bertz CT molecular complexity index is 593. The third-order valence-corrected chi connectivity index (χ3v) is 3.81. The minimum Gasteiger partial charge on any atom is -0.497 e. The molecule has 1 unspecified atom stereocenters. The number of esters is 1. The lowest BCUT2D eigenvalue weighted by Crippen LogP contribution is -2.38. The van der Waals surface area contributed by atoms with Gasteiger partial charge in [-0.2, -0.15) is 0 Å². The molecule has 1 aliphatic heterocycles. The summed E-state index contributed by atoms with van der Waals surface area (Å²) < 4.78 is 9.73. The highest BCUT2D eigenvalue weighted by Gasteiger charge is 2.44. The second kappa shape index (κ2) is 6.60. The minimum atomic E-state index is -1.08. The molecular weight excluding hydrogens is 286 g/mol. The zero-order valence-corrected chi connectivity index (χ0v) is 12.9. The Morgan fingerprint density at radius 1 is 1.27 bits per heavy atom. The van der Waals surface area contributed by atoms with Crippen LogP contribution in [0.2, 0.25) is 0 Å². The molecule has 1 aromatic rings. The van der Waals surface area contributed by atoms with Crippen LogP contribution < -0.4 is 4.74 Å². The summed E-state index contributed by atoms with van der Waals surface area (Å²) in [5, 5.41) is 4.04. The van der Waals surface area contributed by atoms with Crippen LogP contribution in [0.25, 0.3) is 0 Å². The van der Waals surface area contributed by atoms with E-state index in [-0.39, 0.29) is 24.6 Å². The number of rotatable bonds is 6. The molecule has 118 valence electrons. The summed E-state index contributed by atoms with van der Waals surface area (Å²) in [6.07, 6.45) is 0.700. The molecule has 0 saturated carbocycles. The highest BCUT2D eigenvalue weighted by atomic mass is 16.7. The topological polar surface area (TPSA) is 74.2 Å². The van der Waals surface area contributed by atoms with E-state index < -0.39 is 5.60 Å². The van der Waals surface area contributed by atoms with Crippen LogP contribution in [0.1, 0.15) is 31.7 Å². The second-order valence-corrected chi connectivity index (χ2v) is 5.16. The van der Waals surface area contributed by atoms with E-state index in [1.807, 2.05) is 24.3 Å². The Kier molecular flexibility index (Phi) is 4.80. The molecule has 0 bridgehead atoms. The third-order valence-electron chi connectivity index (χ3n) is 3.81. The number of Topliss-reactive ketones (excluding diaryl/α,β-unsaturated/α-hetero) is 1. The van der Waals surface area contributed by atoms with Crippen molar-refractivity contribution in [3.8, 4) is 5.75 Å². The predicted molar refractivity (Wildman–Crippen MR) is 79.9 cm³/mol. The van der Waals surface area contributed by atoms with Gasteiger partial charge < -0.3 is 14.3 Å². The highest BCUT2D eigenvalue weighted by Crippen LogP contribution is 2.32. The van der Waals surface area contributed by atoms with E-state index in [1.54, 1.807) is 7.11 Å². The van der Waals surface area contributed by atoms with Crippen LogP contribution in [0, 0.1) is 0 Å². The third kappa shape index (κ3) is 3.27. The number of oxime groups is 1. The second-order valence-electron chi connectivity index (χ2n) is 5.16. The summed E-state index contributed by atoms with van der Waals surface area (Å²) in [6, 6.07) is 7.36. The van der Waals surface area contributed by atoms with Gasteiger partial charge in [-0.1, -0.05) is 5.16 Å². The van der Waals surface area contributed by atoms with Crippen LogP contribution in [0.15, 0.2) is 29.4 Å². The van der Waals surface area contributed by atoms with E-state index in [2.05, 4.69) is 9.89 Å². The van der Waals surface area contributed by atoms with Gasteiger partial charge in [-0.15, -0.1) is 0 Å². The molecule has 0 N–H and O–H groups in total. The number of carbonyl (C=O) groups excluding carboxylic acids is 2. The van der Waals surface area contributed by atoms with Gasteiger partial charge in [0.25, 0.3) is 0 Å². The zero-order chi connectivity index (χ0) is 16.2. The van der Waals surface area contributed by atoms with Crippen LogP contribution in [0.4, 0.5) is 0 Å². The number of nitrogens with zero attached hydrogens (tertiary/aromatic N) is 1. The highest BCUT2D eigenvalue weighted by molar-refractivity contribution is 6.05. The molecule has 6 nitrogen and oxygen atoms in total. The largest absolute Gasteiger partial charge is 0.497 e. The Balaban J connectivity index is 2.11.